The normalized spacial score (nSPS) is 26.4. The van der Waals surface area contributed by atoms with Crippen LogP contribution in [-0.2, 0) is 14.8 Å². The van der Waals surface area contributed by atoms with Gasteiger partial charge in [0.25, 0.3) is 5.91 Å². The molecule has 0 saturated carbocycles. The van der Waals surface area contributed by atoms with Crippen molar-refractivity contribution in [2.24, 2.45) is 0 Å². The highest BCUT2D eigenvalue weighted by atomic mass is 35.5. The number of ether oxygens (including phenoxy) is 1. The maximum Gasteiger partial charge on any atom is 0.253 e. The largest absolute Gasteiger partial charge is 0.373 e. The van der Waals surface area contributed by atoms with E-state index in [1.165, 1.54) is 16.4 Å². The van der Waals surface area contributed by atoms with Crippen LogP contribution in [0.1, 0.15) is 30.6 Å². The average molecular weight is 418 g/mol. The number of nitrogens with zero attached hydrogens (tertiary/aromatic N) is 2. The van der Waals surface area contributed by atoms with Gasteiger partial charge in [0.05, 0.1) is 17.1 Å². The first-order valence-corrected chi connectivity index (χ1v) is 10.5. The molecule has 3 atom stereocenters. The molecule has 0 spiro atoms. The number of rotatable bonds is 4. The second-order valence-corrected chi connectivity index (χ2v) is 9.10. The molecule has 1 aromatic rings. The van der Waals surface area contributed by atoms with Gasteiger partial charge in [0.1, 0.15) is 0 Å². The number of nitrogens with one attached hydrogen (secondary N) is 1. The average Bonchev–Trinajstić information content (AvgIpc) is 3.14. The quantitative estimate of drug-likeness (QED) is 0.799. The Morgan fingerprint density at radius 2 is 1.78 bits per heavy atom. The Labute approximate surface area is 167 Å². The predicted molar refractivity (Wildman–Crippen MR) is 106 cm³/mol. The zero-order valence-corrected chi connectivity index (χ0v) is 17.6. The number of hydrogen-bond acceptors (Lipinski definition) is 5. The lowest BCUT2D eigenvalue weighted by Gasteiger charge is -2.34. The zero-order valence-electron chi connectivity index (χ0n) is 15.9. The Morgan fingerprint density at radius 3 is 2.30 bits per heavy atom. The topological polar surface area (TPSA) is 79.0 Å². The van der Waals surface area contributed by atoms with Crippen molar-refractivity contribution in [1.29, 1.82) is 0 Å². The molecule has 2 saturated heterocycles. The summed E-state index contributed by atoms with van der Waals surface area (Å²) in [5.74, 6) is -0.0868. The molecule has 3 unspecified atom stereocenters. The fourth-order valence-electron chi connectivity index (χ4n) is 3.58. The Hall–Kier alpha value is -1.19. The number of sulfonamides is 1. The highest BCUT2D eigenvalue weighted by Gasteiger charge is 2.32. The van der Waals surface area contributed by atoms with E-state index in [4.69, 9.17) is 4.74 Å². The minimum atomic E-state index is -3.59. The molecule has 152 valence electrons. The SMILES string of the molecule is CC1CN(S(=O)(=O)c2ccc(C(=O)N(C)C3CCNC3)cc2)CC(C)O1.Cl. The van der Waals surface area contributed by atoms with Crippen molar-refractivity contribution in [3.8, 4) is 0 Å². The summed E-state index contributed by atoms with van der Waals surface area (Å²) in [5, 5.41) is 3.24. The van der Waals surface area contributed by atoms with Crippen molar-refractivity contribution >= 4 is 28.3 Å². The maximum atomic E-state index is 12.9. The van der Waals surface area contributed by atoms with E-state index in [2.05, 4.69) is 5.32 Å². The summed E-state index contributed by atoms with van der Waals surface area (Å²) in [5.41, 5.74) is 0.502. The number of likely N-dealkylation sites (N-methyl/N-ethyl adjacent to an activating group) is 1. The first-order valence-electron chi connectivity index (χ1n) is 9.02. The molecule has 1 aromatic carbocycles. The van der Waals surface area contributed by atoms with Gasteiger partial charge < -0.3 is 15.0 Å². The van der Waals surface area contributed by atoms with E-state index in [0.717, 1.165) is 19.5 Å². The number of benzene rings is 1. The van der Waals surface area contributed by atoms with Crippen LogP contribution in [0.2, 0.25) is 0 Å². The van der Waals surface area contributed by atoms with Crippen LogP contribution in [0.4, 0.5) is 0 Å². The summed E-state index contributed by atoms with van der Waals surface area (Å²) < 4.78 is 32.8. The van der Waals surface area contributed by atoms with Gasteiger partial charge in [-0.25, -0.2) is 8.42 Å². The smallest absolute Gasteiger partial charge is 0.253 e. The van der Waals surface area contributed by atoms with E-state index in [-0.39, 0.29) is 41.5 Å². The highest BCUT2D eigenvalue weighted by molar-refractivity contribution is 7.89. The van der Waals surface area contributed by atoms with E-state index in [1.54, 1.807) is 24.1 Å². The minimum Gasteiger partial charge on any atom is -0.373 e. The third-order valence-corrected chi connectivity index (χ3v) is 6.87. The van der Waals surface area contributed by atoms with Crippen LogP contribution in [-0.4, -0.2) is 75.0 Å². The van der Waals surface area contributed by atoms with Crippen LogP contribution in [0.5, 0.6) is 0 Å². The molecule has 2 aliphatic rings. The standard InChI is InChI=1S/C18H27N3O4S.ClH/c1-13-11-21(12-14(2)25-13)26(23,24)17-6-4-15(5-7-17)18(22)20(3)16-8-9-19-10-16;/h4-7,13-14,16,19H,8-12H2,1-3H3;1H. The van der Waals surface area contributed by atoms with Crippen LogP contribution in [0.25, 0.3) is 0 Å². The summed E-state index contributed by atoms with van der Waals surface area (Å²) in [7, 11) is -1.79. The van der Waals surface area contributed by atoms with Crippen molar-refractivity contribution in [3.63, 3.8) is 0 Å². The van der Waals surface area contributed by atoms with Crippen LogP contribution in [0.15, 0.2) is 29.2 Å². The van der Waals surface area contributed by atoms with Crippen LogP contribution >= 0.6 is 12.4 Å². The summed E-state index contributed by atoms with van der Waals surface area (Å²) in [4.78, 5) is 14.5. The first kappa shape index (κ1) is 22.1. The minimum absolute atomic E-state index is 0. The van der Waals surface area contributed by atoms with E-state index in [1.807, 2.05) is 13.8 Å². The Bertz CT molecular complexity index is 740. The van der Waals surface area contributed by atoms with Crippen molar-refractivity contribution in [1.82, 2.24) is 14.5 Å². The van der Waals surface area contributed by atoms with Crippen LogP contribution in [0.3, 0.4) is 0 Å². The third-order valence-electron chi connectivity index (χ3n) is 5.03. The van der Waals surface area contributed by atoms with E-state index < -0.39 is 10.0 Å². The monoisotopic (exact) mass is 417 g/mol. The van der Waals surface area contributed by atoms with Gasteiger partial charge in [-0.3, -0.25) is 4.79 Å². The number of halogens is 1. The van der Waals surface area contributed by atoms with E-state index in [0.29, 0.717) is 18.7 Å². The summed E-state index contributed by atoms with van der Waals surface area (Å²) in [6.07, 6.45) is 0.661. The Kier molecular flexibility index (Phi) is 7.27. The second-order valence-electron chi connectivity index (χ2n) is 7.17. The number of carbonyl (C=O) groups is 1. The highest BCUT2D eigenvalue weighted by Crippen LogP contribution is 2.22. The lowest BCUT2D eigenvalue weighted by Crippen LogP contribution is -2.48. The lowest BCUT2D eigenvalue weighted by atomic mass is 10.1. The number of hydrogen-bond donors (Lipinski definition) is 1. The molecular weight excluding hydrogens is 390 g/mol. The summed E-state index contributed by atoms with van der Waals surface area (Å²) in [6.45, 7) is 6.12. The van der Waals surface area contributed by atoms with Crippen molar-refractivity contribution < 1.29 is 17.9 Å². The molecule has 2 fully saturated rings. The first-order chi connectivity index (χ1) is 12.3. The molecule has 0 aliphatic carbocycles. The Balaban J connectivity index is 0.00000261. The van der Waals surface area contributed by atoms with E-state index in [9.17, 15) is 13.2 Å². The molecule has 2 heterocycles. The number of morpholine rings is 1. The van der Waals surface area contributed by atoms with Gasteiger partial charge >= 0.3 is 0 Å². The molecule has 0 bridgehead atoms. The third kappa shape index (κ3) is 4.81. The van der Waals surface area contributed by atoms with Gasteiger partial charge in [0.15, 0.2) is 0 Å². The second kappa shape index (κ2) is 8.87. The van der Waals surface area contributed by atoms with Gasteiger partial charge in [0, 0.05) is 38.3 Å². The number of amides is 1. The van der Waals surface area contributed by atoms with Gasteiger partial charge in [-0.2, -0.15) is 4.31 Å². The fraction of sp³-hybridized carbons (Fsp3) is 0.611. The molecule has 0 radical (unpaired) electrons. The summed E-state index contributed by atoms with van der Waals surface area (Å²) in [6, 6.07) is 6.42. The van der Waals surface area contributed by atoms with Crippen molar-refractivity contribution in [2.45, 2.75) is 43.4 Å². The van der Waals surface area contributed by atoms with Gasteiger partial charge in [0.2, 0.25) is 10.0 Å². The molecule has 0 aromatic heterocycles. The molecule has 27 heavy (non-hydrogen) atoms. The molecule has 1 N–H and O–H groups in total. The van der Waals surface area contributed by atoms with Gasteiger partial charge in [-0.15, -0.1) is 12.4 Å². The molecular formula is C18H28ClN3O4S. The molecule has 2 aliphatic heterocycles. The van der Waals surface area contributed by atoms with Crippen molar-refractivity contribution in [2.75, 3.05) is 33.2 Å². The van der Waals surface area contributed by atoms with Crippen molar-refractivity contribution in [3.05, 3.63) is 29.8 Å². The Morgan fingerprint density at radius 1 is 1.19 bits per heavy atom. The molecule has 3 rings (SSSR count). The molecule has 7 nitrogen and oxygen atoms in total. The van der Waals surface area contributed by atoms with Gasteiger partial charge in [-0.1, -0.05) is 0 Å². The van der Waals surface area contributed by atoms with Crippen LogP contribution in [0, 0.1) is 0 Å². The zero-order chi connectivity index (χ0) is 18.9. The van der Waals surface area contributed by atoms with Crippen LogP contribution < -0.4 is 5.32 Å². The molecule has 1 amide bonds. The fourth-order valence-corrected chi connectivity index (χ4v) is 5.18. The number of carbonyl (C=O) groups excluding carboxylic acids is 1. The van der Waals surface area contributed by atoms with E-state index >= 15 is 0 Å². The lowest BCUT2D eigenvalue weighted by molar-refractivity contribution is -0.0440. The maximum absolute atomic E-state index is 12.9. The summed E-state index contributed by atoms with van der Waals surface area (Å²) >= 11 is 0. The predicted octanol–water partition coefficient (Wildman–Crippen LogP) is 1.34. The molecule has 9 heteroatoms. The van der Waals surface area contributed by atoms with Gasteiger partial charge in [-0.05, 0) is 51.1 Å².